The molecule has 0 bridgehead atoms. The number of alkyl halides is 3. The minimum atomic E-state index is -4.55. The van der Waals surface area contributed by atoms with Crippen LogP contribution in [0.1, 0.15) is 34.8 Å². The predicted octanol–water partition coefficient (Wildman–Crippen LogP) is 4.29. The Labute approximate surface area is 180 Å². The smallest absolute Gasteiger partial charge is 0.420 e. The Hall–Kier alpha value is -3.43. The molecule has 1 N–H and O–H groups in total. The predicted molar refractivity (Wildman–Crippen MR) is 105 cm³/mol. The molecule has 1 saturated heterocycles. The molecular weight excluding hydrogens is 428 g/mol. The average molecular weight is 446 g/mol. The summed E-state index contributed by atoms with van der Waals surface area (Å²) in [5.41, 5.74) is -1.07. The molecule has 2 fully saturated rings. The van der Waals surface area contributed by atoms with Crippen molar-refractivity contribution in [3.05, 3.63) is 65.9 Å². The van der Waals surface area contributed by atoms with Gasteiger partial charge in [0.1, 0.15) is 22.8 Å². The summed E-state index contributed by atoms with van der Waals surface area (Å²) < 4.78 is 56.0. The number of phenols is 1. The Morgan fingerprint density at radius 3 is 2.59 bits per heavy atom. The highest BCUT2D eigenvalue weighted by Crippen LogP contribution is 2.54. The second kappa shape index (κ2) is 7.04. The van der Waals surface area contributed by atoms with Crippen LogP contribution in [0.2, 0.25) is 0 Å². The van der Waals surface area contributed by atoms with Gasteiger partial charge in [-0.05, 0) is 43.2 Å². The summed E-state index contributed by atoms with van der Waals surface area (Å²) >= 11 is 0. The van der Waals surface area contributed by atoms with Gasteiger partial charge in [-0.15, -0.1) is 0 Å². The van der Waals surface area contributed by atoms with E-state index >= 15 is 0 Å². The topological polar surface area (TPSA) is 71.2 Å². The lowest BCUT2D eigenvalue weighted by Gasteiger charge is -2.58. The third kappa shape index (κ3) is 3.39. The van der Waals surface area contributed by atoms with Crippen LogP contribution < -0.4 is 0 Å². The van der Waals surface area contributed by atoms with Gasteiger partial charge in [-0.3, -0.25) is 14.5 Å². The molecule has 2 aliphatic rings. The van der Waals surface area contributed by atoms with E-state index in [1.54, 1.807) is 6.07 Å². The summed E-state index contributed by atoms with van der Waals surface area (Å²) in [4.78, 5) is 17.9. The second-order valence-corrected chi connectivity index (χ2v) is 8.50. The molecule has 1 amide bonds. The maximum Gasteiger partial charge on any atom is 0.420 e. The number of aromatic hydroxyl groups is 1. The first-order valence-corrected chi connectivity index (χ1v) is 10.00. The normalized spacial score (nSPS) is 17.8. The molecule has 3 aromatic rings. The molecule has 6 nitrogen and oxygen atoms in total. The molecule has 1 aliphatic carbocycles. The maximum absolute atomic E-state index is 13.9. The van der Waals surface area contributed by atoms with Gasteiger partial charge >= 0.3 is 6.18 Å². The minimum Gasteiger partial charge on any atom is -0.508 e. The quantitative estimate of drug-likeness (QED) is 0.610. The molecule has 0 radical (unpaired) electrons. The standard InChI is InChI=1S/C22H18F4N4O2/c23-18-4-3-15(31)6-16(18)20(32)29-11-21(12-29)7-14(8-21)30-10-17(22(24,25)26)19(28-30)13-2-1-5-27-9-13/h1-6,9-10,14,31H,7-8,11-12H2. The maximum atomic E-state index is 13.9. The van der Waals surface area contributed by atoms with Gasteiger partial charge < -0.3 is 10.0 Å². The number of benzene rings is 1. The molecule has 1 saturated carbocycles. The first-order valence-electron chi connectivity index (χ1n) is 10.00. The average Bonchev–Trinajstić information content (AvgIpc) is 3.14. The zero-order valence-corrected chi connectivity index (χ0v) is 16.7. The van der Waals surface area contributed by atoms with Crippen LogP contribution >= 0.6 is 0 Å². The van der Waals surface area contributed by atoms with E-state index < -0.39 is 23.5 Å². The number of hydrogen-bond acceptors (Lipinski definition) is 4. The van der Waals surface area contributed by atoms with E-state index in [1.165, 1.54) is 34.1 Å². The third-order valence-electron chi connectivity index (χ3n) is 6.20. The summed E-state index contributed by atoms with van der Waals surface area (Å²) in [5, 5.41) is 13.7. The van der Waals surface area contributed by atoms with Crippen molar-refractivity contribution in [2.24, 2.45) is 5.41 Å². The van der Waals surface area contributed by atoms with Gasteiger partial charge in [0.25, 0.3) is 5.91 Å². The van der Waals surface area contributed by atoms with Crippen molar-refractivity contribution in [2.45, 2.75) is 25.1 Å². The number of carbonyl (C=O) groups excluding carboxylic acids is 1. The summed E-state index contributed by atoms with van der Waals surface area (Å²) in [6, 6.07) is 6.17. The SMILES string of the molecule is O=C(c1cc(O)ccc1F)N1CC2(CC(n3cc(C(F)(F)F)c(-c4cccnc4)n3)C2)C1. The molecule has 1 spiro atoms. The zero-order chi connectivity index (χ0) is 22.7. The summed E-state index contributed by atoms with van der Waals surface area (Å²) in [5.74, 6) is -1.42. The highest BCUT2D eigenvalue weighted by Gasteiger charge is 2.55. The van der Waals surface area contributed by atoms with Crippen LogP contribution in [0, 0.1) is 11.2 Å². The van der Waals surface area contributed by atoms with Gasteiger partial charge in [0.2, 0.25) is 0 Å². The number of amides is 1. The van der Waals surface area contributed by atoms with Crippen molar-refractivity contribution in [1.29, 1.82) is 0 Å². The number of nitrogens with zero attached hydrogens (tertiary/aromatic N) is 4. The first-order chi connectivity index (χ1) is 15.2. The van der Waals surface area contributed by atoms with Crippen molar-refractivity contribution in [1.82, 2.24) is 19.7 Å². The van der Waals surface area contributed by atoms with Crippen molar-refractivity contribution in [2.75, 3.05) is 13.1 Å². The zero-order valence-electron chi connectivity index (χ0n) is 16.7. The van der Waals surface area contributed by atoms with Crippen molar-refractivity contribution >= 4 is 5.91 Å². The van der Waals surface area contributed by atoms with Crippen LogP contribution in [-0.2, 0) is 6.18 Å². The third-order valence-corrected chi connectivity index (χ3v) is 6.20. The van der Waals surface area contributed by atoms with E-state index in [4.69, 9.17) is 0 Å². The van der Waals surface area contributed by atoms with E-state index in [1.807, 2.05) is 0 Å². The minimum absolute atomic E-state index is 0.156. The van der Waals surface area contributed by atoms with Crippen LogP contribution in [0.5, 0.6) is 5.75 Å². The van der Waals surface area contributed by atoms with E-state index in [0.717, 1.165) is 18.3 Å². The number of rotatable bonds is 3. The van der Waals surface area contributed by atoms with Crippen LogP contribution in [0.15, 0.2) is 48.9 Å². The lowest BCUT2D eigenvalue weighted by atomic mass is 9.60. The first kappa shape index (κ1) is 20.5. The van der Waals surface area contributed by atoms with E-state index in [-0.39, 0.29) is 28.5 Å². The molecule has 166 valence electrons. The number of hydrogen-bond donors (Lipinski definition) is 1. The highest BCUT2D eigenvalue weighted by atomic mass is 19.4. The van der Waals surface area contributed by atoms with Gasteiger partial charge in [-0.2, -0.15) is 18.3 Å². The van der Waals surface area contributed by atoms with Crippen LogP contribution in [0.4, 0.5) is 17.6 Å². The Morgan fingerprint density at radius 2 is 1.94 bits per heavy atom. The molecule has 0 unspecified atom stereocenters. The van der Waals surface area contributed by atoms with Gasteiger partial charge in [0.05, 0.1) is 11.6 Å². The fraction of sp³-hybridized carbons (Fsp3) is 0.318. The number of carbonyl (C=O) groups is 1. The number of halogens is 4. The number of pyridine rings is 1. The molecular formula is C22H18F4N4O2. The molecule has 5 rings (SSSR count). The molecule has 1 aliphatic heterocycles. The van der Waals surface area contributed by atoms with Crippen LogP contribution in [0.25, 0.3) is 11.3 Å². The van der Waals surface area contributed by atoms with Crippen molar-refractivity contribution in [3.63, 3.8) is 0 Å². The Balaban J connectivity index is 1.29. The summed E-state index contributed by atoms with van der Waals surface area (Å²) in [6.07, 6.45) is 0.463. The van der Waals surface area contributed by atoms with Gasteiger partial charge in [-0.25, -0.2) is 4.39 Å². The van der Waals surface area contributed by atoms with E-state index in [2.05, 4.69) is 10.1 Å². The summed E-state index contributed by atoms with van der Waals surface area (Å²) in [6.45, 7) is 0.778. The molecule has 2 aromatic heterocycles. The monoisotopic (exact) mass is 446 g/mol. The molecule has 3 heterocycles. The van der Waals surface area contributed by atoms with E-state index in [9.17, 15) is 27.5 Å². The van der Waals surface area contributed by atoms with E-state index in [0.29, 0.717) is 31.5 Å². The number of aromatic nitrogens is 3. The highest BCUT2D eigenvalue weighted by molar-refractivity contribution is 5.95. The molecule has 1 aromatic carbocycles. The van der Waals surface area contributed by atoms with Crippen LogP contribution in [0.3, 0.4) is 0 Å². The summed E-state index contributed by atoms with van der Waals surface area (Å²) in [7, 11) is 0. The number of likely N-dealkylation sites (tertiary alicyclic amines) is 1. The second-order valence-electron chi connectivity index (χ2n) is 8.50. The lowest BCUT2D eigenvalue weighted by Crippen LogP contribution is -2.63. The van der Waals surface area contributed by atoms with Gasteiger partial charge in [0, 0.05) is 42.7 Å². The Bertz CT molecular complexity index is 1180. The fourth-order valence-electron chi connectivity index (χ4n) is 4.64. The number of phenolic OH excluding ortho intramolecular Hbond substituents is 1. The Morgan fingerprint density at radius 1 is 1.19 bits per heavy atom. The molecule has 10 heteroatoms. The molecule has 0 atom stereocenters. The van der Waals surface area contributed by atoms with Crippen molar-refractivity contribution < 1.29 is 27.5 Å². The van der Waals surface area contributed by atoms with Gasteiger partial charge in [0.15, 0.2) is 0 Å². The Kier molecular flexibility index (Phi) is 4.51. The van der Waals surface area contributed by atoms with Crippen molar-refractivity contribution in [3.8, 4) is 17.0 Å². The molecule has 32 heavy (non-hydrogen) atoms. The lowest BCUT2D eigenvalue weighted by molar-refractivity contribution is -0.137. The fourth-order valence-corrected chi connectivity index (χ4v) is 4.64. The van der Waals surface area contributed by atoms with Gasteiger partial charge in [-0.1, -0.05) is 0 Å². The van der Waals surface area contributed by atoms with Crippen LogP contribution in [-0.4, -0.2) is 43.8 Å². The largest absolute Gasteiger partial charge is 0.508 e.